The summed E-state index contributed by atoms with van der Waals surface area (Å²) in [7, 11) is 1.56. The molecular weight excluding hydrogens is 296 g/mol. The first-order chi connectivity index (χ1) is 10.6. The van der Waals surface area contributed by atoms with Gasteiger partial charge in [-0.05, 0) is 42.9 Å². The van der Waals surface area contributed by atoms with E-state index >= 15 is 0 Å². The van der Waals surface area contributed by atoms with Crippen molar-refractivity contribution in [2.24, 2.45) is 5.92 Å². The van der Waals surface area contributed by atoms with E-state index in [9.17, 15) is 9.59 Å². The number of carbonyl (C=O) groups excluding carboxylic acids is 2. The van der Waals surface area contributed by atoms with E-state index in [1.54, 1.807) is 24.6 Å². The molecule has 0 aliphatic heterocycles. The van der Waals surface area contributed by atoms with Gasteiger partial charge in [0.05, 0.1) is 0 Å². The molecule has 0 aromatic rings. The lowest BCUT2D eigenvalue weighted by Crippen LogP contribution is -2.26. The molecule has 114 valence electrons. The predicted molar refractivity (Wildman–Crippen MR) is 89.8 cm³/mol. The van der Waals surface area contributed by atoms with E-state index in [4.69, 9.17) is 17.0 Å². The van der Waals surface area contributed by atoms with Gasteiger partial charge in [0.25, 0.3) is 0 Å². The normalized spacial score (nSPS) is 22.7. The van der Waals surface area contributed by atoms with Crippen LogP contribution in [0, 0.1) is 5.92 Å². The average Bonchev–Trinajstić information content (AvgIpc) is 2.53. The number of ketones is 2. The number of allylic oxidation sites excluding steroid dienone is 6. The summed E-state index contributed by atoms with van der Waals surface area (Å²) in [6.07, 6.45) is 12.2. The van der Waals surface area contributed by atoms with Crippen LogP contribution in [-0.4, -0.2) is 30.1 Å². The Morgan fingerprint density at radius 2 is 2.27 bits per heavy atom. The highest BCUT2D eigenvalue weighted by atomic mass is 32.1. The molecule has 0 N–H and O–H groups in total. The van der Waals surface area contributed by atoms with Crippen molar-refractivity contribution in [3.05, 3.63) is 53.3 Å². The van der Waals surface area contributed by atoms with E-state index in [0.29, 0.717) is 12.8 Å². The van der Waals surface area contributed by atoms with E-state index in [1.807, 2.05) is 12.2 Å². The summed E-state index contributed by atoms with van der Waals surface area (Å²) in [6.45, 7) is 0. The molecule has 22 heavy (non-hydrogen) atoms. The van der Waals surface area contributed by atoms with Crippen LogP contribution < -0.4 is 0 Å². The molecule has 0 aromatic carbocycles. The van der Waals surface area contributed by atoms with Crippen LogP contribution in [0.1, 0.15) is 19.3 Å². The van der Waals surface area contributed by atoms with Crippen molar-refractivity contribution in [1.82, 2.24) is 0 Å². The van der Waals surface area contributed by atoms with Gasteiger partial charge in [0.1, 0.15) is 6.10 Å². The maximum Gasteiger partial charge on any atom is 0.186 e. The summed E-state index contributed by atoms with van der Waals surface area (Å²) in [4.78, 5) is 23.0. The SMILES string of the molecule is COC1CCC(C(/C=C\C2=C=CC(=O)C=C2)CC=S)=CC1=O. The molecule has 2 aliphatic rings. The zero-order chi connectivity index (χ0) is 15.9. The van der Waals surface area contributed by atoms with E-state index in [2.05, 4.69) is 5.73 Å². The Balaban J connectivity index is 2.16. The quantitative estimate of drug-likeness (QED) is 0.558. The first-order valence-corrected chi connectivity index (χ1v) is 7.69. The van der Waals surface area contributed by atoms with Gasteiger partial charge in [-0.3, -0.25) is 9.59 Å². The Bertz CT molecular complexity index is 631. The van der Waals surface area contributed by atoms with Crippen molar-refractivity contribution < 1.29 is 14.3 Å². The molecule has 2 unspecified atom stereocenters. The summed E-state index contributed by atoms with van der Waals surface area (Å²) in [5.74, 6) is 0.0622. The number of methoxy groups -OCH3 is 1. The van der Waals surface area contributed by atoms with Gasteiger partial charge in [-0.15, -0.1) is 5.73 Å². The number of thiocarbonyl (C=S) groups is 1. The van der Waals surface area contributed by atoms with E-state index < -0.39 is 0 Å². The fourth-order valence-electron chi connectivity index (χ4n) is 2.52. The highest BCUT2D eigenvalue weighted by Gasteiger charge is 2.24. The van der Waals surface area contributed by atoms with Crippen molar-refractivity contribution in [3.63, 3.8) is 0 Å². The third kappa shape index (κ3) is 4.31. The first-order valence-electron chi connectivity index (χ1n) is 7.21. The number of carbonyl (C=O) groups is 2. The average molecular weight is 314 g/mol. The Labute approximate surface area is 135 Å². The molecule has 0 radical (unpaired) electrons. The Morgan fingerprint density at radius 3 is 2.86 bits per heavy atom. The second-order valence-electron chi connectivity index (χ2n) is 5.23. The molecule has 0 spiro atoms. The lowest BCUT2D eigenvalue weighted by molar-refractivity contribution is -0.124. The van der Waals surface area contributed by atoms with Crippen LogP contribution in [0.4, 0.5) is 0 Å². The number of rotatable bonds is 6. The monoisotopic (exact) mass is 314 g/mol. The zero-order valence-electron chi connectivity index (χ0n) is 12.5. The molecule has 2 atom stereocenters. The minimum atomic E-state index is -0.321. The summed E-state index contributed by atoms with van der Waals surface area (Å²) in [6, 6.07) is 0. The largest absolute Gasteiger partial charge is 0.373 e. The van der Waals surface area contributed by atoms with Crippen LogP contribution >= 0.6 is 12.2 Å². The minimum absolute atomic E-state index is 0.0220. The standard InChI is InChI=1S/C18H18O3S/c1-21-18-9-6-15(12-17(18)20)14(10-11-22)5-2-13-3-7-16(19)8-4-13/h2-3,5,7-8,11-12,14,18H,6,9-10H2,1H3/b5-2-. The third-order valence-electron chi connectivity index (χ3n) is 3.77. The predicted octanol–water partition coefficient (Wildman–Crippen LogP) is 3.07. The number of hydrogen-bond donors (Lipinski definition) is 0. The van der Waals surface area contributed by atoms with Crippen molar-refractivity contribution in [3.8, 4) is 0 Å². The van der Waals surface area contributed by atoms with Crippen LogP contribution in [-0.2, 0) is 14.3 Å². The van der Waals surface area contributed by atoms with Crippen LogP contribution in [0.3, 0.4) is 0 Å². The first kappa shape index (κ1) is 16.5. The van der Waals surface area contributed by atoms with Crippen LogP contribution in [0.2, 0.25) is 0 Å². The second kappa shape index (κ2) is 7.95. The molecule has 2 aliphatic carbocycles. The number of hydrogen-bond acceptors (Lipinski definition) is 4. The molecular formula is C18H18O3S. The van der Waals surface area contributed by atoms with Crippen LogP contribution in [0.5, 0.6) is 0 Å². The Morgan fingerprint density at radius 1 is 1.45 bits per heavy atom. The summed E-state index contributed by atoms with van der Waals surface area (Å²) in [5, 5.41) is 1.69. The van der Waals surface area contributed by atoms with Gasteiger partial charge < -0.3 is 4.74 Å². The van der Waals surface area contributed by atoms with Crippen molar-refractivity contribution in [1.29, 1.82) is 0 Å². The highest BCUT2D eigenvalue weighted by molar-refractivity contribution is 7.78. The summed E-state index contributed by atoms with van der Waals surface area (Å²) < 4.78 is 5.16. The summed E-state index contributed by atoms with van der Waals surface area (Å²) >= 11 is 4.98. The van der Waals surface area contributed by atoms with Crippen LogP contribution in [0.15, 0.2) is 53.3 Å². The lowest BCUT2D eigenvalue weighted by Gasteiger charge is -2.23. The van der Waals surface area contributed by atoms with Gasteiger partial charge in [0, 0.05) is 24.7 Å². The molecule has 4 heteroatoms. The zero-order valence-corrected chi connectivity index (χ0v) is 13.3. The Hall–Kier alpha value is -1.87. The highest BCUT2D eigenvalue weighted by Crippen LogP contribution is 2.27. The van der Waals surface area contributed by atoms with Gasteiger partial charge in [-0.25, -0.2) is 0 Å². The fraction of sp³-hybridized carbons (Fsp3) is 0.333. The second-order valence-corrected chi connectivity index (χ2v) is 5.57. The van der Waals surface area contributed by atoms with Gasteiger partial charge in [-0.1, -0.05) is 29.9 Å². The van der Waals surface area contributed by atoms with Crippen molar-refractivity contribution in [2.75, 3.05) is 7.11 Å². The molecule has 3 nitrogen and oxygen atoms in total. The fourth-order valence-corrected chi connectivity index (χ4v) is 2.72. The van der Waals surface area contributed by atoms with Gasteiger partial charge in [0.15, 0.2) is 11.6 Å². The van der Waals surface area contributed by atoms with Gasteiger partial charge >= 0.3 is 0 Å². The molecule has 0 heterocycles. The summed E-state index contributed by atoms with van der Waals surface area (Å²) in [5.41, 5.74) is 4.84. The lowest BCUT2D eigenvalue weighted by atomic mass is 9.85. The van der Waals surface area contributed by atoms with Crippen LogP contribution in [0.25, 0.3) is 0 Å². The topological polar surface area (TPSA) is 43.4 Å². The molecule has 2 rings (SSSR count). The van der Waals surface area contributed by atoms with Crippen molar-refractivity contribution >= 4 is 29.2 Å². The maximum atomic E-state index is 12.0. The molecule has 0 saturated heterocycles. The maximum absolute atomic E-state index is 12.0. The third-order valence-corrected chi connectivity index (χ3v) is 3.96. The molecule has 0 bridgehead atoms. The number of ether oxygens (including phenoxy) is 1. The smallest absolute Gasteiger partial charge is 0.186 e. The Kier molecular flexibility index (Phi) is 5.96. The van der Waals surface area contributed by atoms with E-state index in [-0.39, 0.29) is 23.6 Å². The van der Waals surface area contributed by atoms with Gasteiger partial charge in [0.2, 0.25) is 0 Å². The molecule has 0 aromatic heterocycles. The molecule has 0 fully saturated rings. The van der Waals surface area contributed by atoms with E-state index in [0.717, 1.165) is 17.6 Å². The molecule has 0 amide bonds. The van der Waals surface area contributed by atoms with Crippen molar-refractivity contribution in [2.45, 2.75) is 25.4 Å². The minimum Gasteiger partial charge on any atom is -0.373 e. The van der Waals surface area contributed by atoms with E-state index in [1.165, 1.54) is 12.2 Å². The molecule has 0 saturated carbocycles. The van der Waals surface area contributed by atoms with Gasteiger partial charge in [-0.2, -0.15) is 0 Å².